The van der Waals surface area contributed by atoms with Gasteiger partial charge in [0.2, 0.25) is 0 Å². The predicted octanol–water partition coefficient (Wildman–Crippen LogP) is 4.47. The zero-order valence-corrected chi connectivity index (χ0v) is 15.2. The first kappa shape index (κ1) is 18.3. The molecule has 0 saturated heterocycles. The van der Waals surface area contributed by atoms with E-state index in [1.165, 1.54) is 12.1 Å². The monoisotopic (exact) mass is 388 g/mol. The van der Waals surface area contributed by atoms with Gasteiger partial charge in [0.1, 0.15) is 5.69 Å². The van der Waals surface area contributed by atoms with Gasteiger partial charge < -0.3 is 0 Å². The topological polar surface area (TPSA) is 111 Å². The second-order valence-electron chi connectivity index (χ2n) is 6.60. The Morgan fingerprint density at radius 2 is 1.38 bits per heavy atom. The third kappa shape index (κ3) is 3.55. The highest BCUT2D eigenvalue weighted by Crippen LogP contribution is 2.30. The minimum absolute atomic E-state index is 0.0901. The van der Waals surface area contributed by atoms with E-state index < -0.39 is 15.5 Å². The second-order valence-corrected chi connectivity index (χ2v) is 6.60. The predicted molar refractivity (Wildman–Crippen MR) is 109 cm³/mol. The maximum absolute atomic E-state index is 11.4. The molecule has 0 atom stereocenters. The summed E-state index contributed by atoms with van der Waals surface area (Å²) in [6.07, 6.45) is 1.73. The van der Waals surface area contributed by atoms with Gasteiger partial charge in [-0.3, -0.25) is 25.7 Å². The second kappa shape index (κ2) is 7.51. The Kier molecular flexibility index (Phi) is 4.74. The van der Waals surface area contributed by atoms with Crippen molar-refractivity contribution in [3.05, 3.63) is 109 Å². The molecule has 1 N–H and O–H groups in total. The van der Waals surface area contributed by atoms with Gasteiger partial charge in [-0.1, -0.05) is 48.5 Å². The van der Waals surface area contributed by atoms with Gasteiger partial charge in [0.25, 0.3) is 5.69 Å². The van der Waals surface area contributed by atoms with Crippen molar-refractivity contribution >= 4 is 22.8 Å². The van der Waals surface area contributed by atoms with Crippen LogP contribution in [0, 0.1) is 20.2 Å². The number of rotatable bonds is 4. The fourth-order valence-electron chi connectivity index (χ4n) is 3.47. The largest absolute Gasteiger partial charge is 0.301 e. The number of aryl methyl sites for hydroxylation is 2. The molecule has 4 rings (SSSR count). The number of nitro groups is 2. The molecular formula is C21H16N4O4. The molecule has 0 amide bonds. The molecule has 1 aliphatic rings. The summed E-state index contributed by atoms with van der Waals surface area (Å²) in [5.41, 5.74) is 6.97. The number of benzene rings is 3. The van der Waals surface area contributed by atoms with Crippen molar-refractivity contribution in [3.8, 4) is 0 Å². The number of hydrogen-bond acceptors (Lipinski definition) is 6. The smallest absolute Gasteiger partial charge is 0.271 e. The highest BCUT2D eigenvalue weighted by molar-refractivity contribution is 6.15. The average Bonchev–Trinajstić information content (AvgIpc) is 2.89. The lowest BCUT2D eigenvalue weighted by atomic mass is 9.98. The Bertz CT molecular complexity index is 1110. The Hall–Kier alpha value is -4.07. The first-order valence-corrected chi connectivity index (χ1v) is 8.97. The van der Waals surface area contributed by atoms with E-state index in [2.05, 4.69) is 10.5 Å². The van der Waals surface area contributed by atoms with Crippen LogP contribution in [0.5, 0.6) is 0 Å². The van der Waals surface area contributed by atoms with Crippen LogP contribution in [-0.4, -0.2) is 15.6 Å². The van der Waals surface area contributed by atoms with Crippen molar-refractivity contribution in [2.75, 3.05) is 5.43 Å². The number of hydrazone groups is 1. The van der Waals surface area contributed by atoms with Crippen molar-refractivity contribution in [3.63, 3.8) is 0 Å². The number of non-ortho nitro benzene ring substituents is 1. The van der Waals surface area contributed by atoms with Crippen LogP contribution in [0.15, 0.2) is 71.8 Å². The van der Waals surface area contributed by atoms with E-state index in [1.807, 2.05) is 48.5 Å². The quantitative estimate of drug-likeness (QED) is 0.524. The van der Waals surface area contributed by atoms with Gasteiger partial charge in [-0.05, 0) is 30.0 Å². The number of anilines is 1. The molecule has 0 bridgehead atoms. The van der Waals surface area contributed by atoms with Crippen molar-refractivity contribution in [2.24, 2.45) is 5.10 Å². The summed E-state index contributed by atoms with van der Waals surface area (Å²) in [6.45, 7) is 0. The number of nitro benzene ring substituents is 2. The van der Waals surface area contributed by atoms with E-state index in [-0.39, 0.29) is 11.4 Å². The molecule has 144 valence electrons. The fourth-order valence-corrected chi connectivity index (χ4v) is 3.47. The first-order chi connectivity index (χ1) is 14.0. The Morgan fingerprint density at radius 3 is 1.93 bits per heavy atom. The number of nitrogens with zero attached hydrogens (tertiary/aromatic N) is 3. The highest BCUT2D eigenvalue weighted by Gasteiger charge is 2.22. The van der Waals surface area contributed by atoms with Crippen LogP contribution in [0.1, 0.15) is 22.3 Å². The van der Waals surface area contributed by atoms with Crippen LogP contribution in [0.4, 0.5) is 17.1 Å². The van der Waals surface area contributed by atoms with Crippen LogP contribution in [0.3, 0.4) is 0 Å². The maximum Gasteiger partial charge on any atom is 0.301 e. The van der Waals surface area contributed by atoms with Gasteiger partial charge in [-0.15, -0.1) is 0 Å². The van der Waals surface area contributed by atoms with Crippen molar-refractivity contribution in [1.29, 1.82) is 0 Å². The van der Waals surface area contributed by atoms with Gasteiger partial charge >= 0.3 is 5.69 Å². The molecule has 0 aromatic heterocycles. The summed E-state index contributed by atoms with van der Waals surface area (Å²) in [4.78, 5) is 21.0. The normalized spacial score (nSPS) is 12.3. The van der Waals surface area contributed by atoms with Gasteiger partial charge in [0, 0.05) is 17.2 Å². The van der Waals surface area contributed by atoms with E-state index in [4.69, 9.17) is 0 Å². The van der Waals surface area contributed by atoms with Crippen LogP contribution in [0.2, 0.25) is 0 Å². The van der Waals surface area contributed by atoms with Gasteiger partial charge in [-0.2, -0.15) is 5.10 Å². The molecular weight excluding hydrogens is 372 g/mol. The molecule has 0 spiro atoms. The summed E-state index contributed by atoms with van der Waals surface area (Å²) in [5.74, 6) is 0. The zero-order valence-electron chi connectivity index (χ0n) is 15.2. The third-order valence-corrected chi connectivity index (χ3v) is 4.89. The SMILES string of the molecule is O=[N+]([O-])c1ccc(NN=C2c3ccccc3CCc3ccccc32)c([N+](=O)[O-])c1. The molecule has 0 heterocycles. The molecule has 29 heavy (non-hydrogen) atoms. The third-order valence-electron chi connectivity index (χ3n) is 4.89. The maximum atomic E-state index is 11.4. The molecule has 0 unspecified atom stereocenters. The molecule has 1 aliphatic carbocycles. The Balaban J connectivity index is 1.81. The number of fused-ring (bicyclic) bond motifs is 2. The minimum atomic E-state index is -0.666. The Labute approximate surface area is 165 Å². The molecule has 0 fully saturated rings. The van der Waals surface area contributed by atoms with Crippen LogP contribution in [-0.2, 0) is 12.8 Å². The fraction of sp³-hybridized carbons (Fsp3) is 0.0952. The van der Waals surface area contributed by atoms with Gasteiger partial charge in [-0.25, -0.2) is 0 Å². The summed E-state index contributed by atoms with van der Waals surface area (Å²) < 4.78 is 0. The highest BCUT2D eigenvalue weighted by atomic mass is 16.6. The molecule has 0 radical (unpaired) electrons. The lowest BCUT2D eigenvalue weighted by molar-refractivity contribution is -0.393. The summed E-state index contributed by atoms with van der Waals surface area (Å²) >= 11 is 0. The van der Waals surface area contributed by atoms with Crippen molar-refractivity contribution in [2.45, 2.75) is 12.8 Å². The Morgan fingerprint density at radius 1 is 0.793 bits per heavy atom. The van der Waals surface area contributed by atoms with Crippen LogP contribution < -0.4 is 5.43 Å². The average molecular weight is 388 g/mol. The van der Waals surface area contributed by atoms with E-state index in [1.54, 1.807) is 0 Å². The van der Waals surface area contributed by atoms with Crippen molar-refractivity contribution in [1.82, 2.24) is 0 Å². The zero-order chi connectivity index (χ0) is 20.4. The molecule has 0 aliphatic heterocycles. The van der Waals surface area contributed by atoms with Crippen LogP contribution in [0.25, 0.3) is 0 Å². The molecule has 0 saturated carbocycles. The van der Waals surface area contributed by atoms with E-state index in [0.29, 0.717) is 5.71 Å². The first-order valence-electron chi connectivity index (χ1n) is 8.97. The summed E-state index contributed by atoms with van der Waals surface area (Å²) in [5, 5.41) is 26.8. The molecule has 8 heteroatoms. The van der Waals surface area contributed by atoms with E-state index in [0.717, 1.165) is 41.2 Å². The summed E-state index contributed by atoms with van der Waals surface area (Å²) in [7, 11) is 0. The lowest BCUT2D eigenvalue weighted by Crippen LogP contribution is -2.09. The van der Waals surface area contributed by atoms with E-state index in [9.17, 15) is 20.2 Å². The van der Waals surface area contributed by atoms with Gasteiger partial charge in [0.15, 0.2) is 0 Å². The van der Waals surface area contributed by atoms with Crippen LogP contribution >= 0.6 is 0 Å². The van der Waals surface area contributed by atoms with E-state index >= 15 is 0 Å². The van der Waals surface area contributed by atoms with Gasteiger partial charge in [0.05, 0.1) is 21.6 Å². The van der Waals surface area contributed by atoms with Crippen molar-refractivity contribution < 1.29 is 9.85 Å². The lowest BCUT2D eigenvalue weighted by Gasteiger charge is -2.11. The summed E-state index contributed by atoms with van der Waals surface area (Å²) in [6, 6.07) is 19.3. The number of nitrogens with one attached hydrogen (secondary N) is 1. The molecule has 3 aromatic rings. The minimum Gasteiger partial charge on any atom is -0.271 e. The molecule has 8 nitrogen and oxygen atoms in total. The standard InChI is InChI=1S/C21H16N4O4/c26-24(27)16-11-12-19(20(13-16)25(28)29)22-23-21-17-7-3-1-5-14(17)9-10-15-6-2-4-8-18(15)21/h1-8,11-13,22H,9-10H2. The molecule has 3 aromatic carbocycles. The number of hydrogen-bond donors (Lipinski definition) is 1.